The molecule has 3 aromatic rings. The monoisotopic (exact) mass is 435 g/mol. The van der Waals surface area contributed by atoms with Gasteiger partial charge in [-0.15, -0.1) is 11.3 Å². The predicted octanol–water partition coefficient (Wildman–Crippen LogP) is 3.74. The van der Waals surface area contributed by atoms with Gasteiger partial charge in [0.25, 0.3) is 5.91 Å². The zero-order chi connectivity index (χ0) is 19.7. The first kappa shape index (κ1) is 18.7. The molecule has 0 atom stereocenters. The van der Waals surface area contributed by atoms with Gasteiger partial charge in [-0.25, -0.2) is 13.4 Å². The number of carbonyl (C=O) groups is 1. The highest BCUT2D eigenvalue weighted by atomic mass is 35.5. The zero-order valence-corrected chi connectivity index (χ0v) is 16.7. The van der Waals surface area contributed by atoms with Crippen LogP contribution in [-0.2, 0) is 20.6 Å². The Morgan fingerprint density at radius 1 is 1.25 bits per heavy atom. The molecule has 0 unspecified atom stereocenters. The maximum atomic E-state index is 12.4. The average Bonchev–Trinajstić information content (AvgIpc) is 3.10. The van der Waals surface area contributed by atoms with Gasteiger partial charge < -0.3 is 10.1 Å². The number of hydrogen-bond acceptors (Lipinski definition) is 6. The number of thiazole rings is 1. The molecule has 0 aliphatic carbocycles. The molecule has 28 heavy (non-hydrogen) atoms. The minimum Gasteiger partial charge on any atom is -0.482 e. The van der Waals surface area contributed by atoms with Crippen LogP contribution < -0.4 is 14.8 Å². The van der Waals surface area contributed by atoms with E-state index in [0.717, 1.165) is 5.56 Å². The number of halogens is 1. The highest BCUT2D eigenvalue weighted by molar-refractivity contribution is 7.92. The van der Waals surface area contributed by atoms with E-state index in [1.807, 2.05) is 0 Å². The van der Waals surface area contributed by atoms with Crippen LogP contribution in [0.5, 0.6) is 5.75 Å². The Hall–Kier alpha value is -2.62. The quantitative estimate of drug-likeness (QED) is 0.636. The van der Waals surface area contributed by atoms with E-state index in [1.165, 1.54) is 11.3 Å². The van der Waals surface area contributed by atoms with E-state index in [2.05, 4.69) is 15.0 Å². The van der Waals surface area contributed by atoms with Gasteiger partial charge in [0.05, 0.1) is 17.1 Å². The SMILES string of the molecule is O=C1COc2ccc(-c3csc(NS(=O)(=O)Cc4ccccc4Cl)n3)cc2N1. The predicted molar refractivity (Wildman–Crippen MR) is 109 cm³/mol. The van der Waals surface area contributed by atoms with E-state index >= 15 is 0 Å². The number of nitrogens with one attached hydrogen (secondary N) is 2. The lowest BCUT2D eigenvalue weighted by Gasteiger charge is -2.18. The first-order chi connectivity index (χ1) is 13.4. The molecular formula is C18H14ClN3O4S2. The Bertz CT molecular complexity index is 1160. The van der Waals surface area contributed by atoms with Crippen LogP contribution in [0.25, 0.3) is 11.3 Å². The smallest absolute Gasteiger partial charge is 0.262 e. The van der Waals surface area contributed by atoms with Crippen molar-refractivity contribution in [2.75, 3.05) is 16.6 Å². The molecule has 0 saturated carbocycles. The van der Waals surface area contributed by atoms with Gasteiger partial charge in [0.1, 0.15) is 5.75 Å². The van der Waals surface area contributed by atoms with Gasteiger partial charge >= 0.3 is 0 Å². The van der Waals surface area contributed by atoms with E-state index in [0.29, 0.717) is 27.7 Å². The van der Waals surface area contributed by atoms with Crippen LogP contribution in [0, 0.1) is 0 Å². The van der Waals surface area contributed by atoms with Crippen molar-refractivity contribution in [1.82, 2.24) is 4.98 Å². The molecule has 0 bridgehead atoms. The first-order valence-corrected chi connectivity index (χ1v) is 11.1. The van der Waals surface area contributed by atoms with Gasteiger partial charge in [-0.2, -0.15) is 0 Å². The summed E-state index contributed by atoms with van der Waals surface area (Å²) in [6.07, 6.45) is 0. The van der Waals surface area contributed by atoms with Gasteiger partial charge in [-0.1, -0.05) is 29.8 Å². The lowest BCUT2D eigenvalue weighted by Crippen LogP contribution is -2.25. The van der Waals surface area contributed by atoms with Crippen LogP contribution in [0.15, 0.2) is 47.8 Å². The maximum absolute atomic E-state index is 12.4. The highest BCUT2D eigenvalue weighted by Crippen LogP contribution is 2.34. The molecule has 10 heteroatoms. The number of fused-ring (bicyclic) bond motifs is 1. The third-order valence-corrected chi connectivity index (χ3v) is 6.41. The number of hydrogen-bond donors (Lipinski definition) is 2. The average molecular weight is 436 g/mol. The second-order valence-corrected chi connectivity index (χ2v) is 9.03. The molecule has 1 aliphatic rings. The van der Waals surface area contributed by atoms with Crippen molar-refractivity contribution in [3.63, 3.8) is 0 Å². The van der Waals surface area contributed by atoms with Gasteiger partial charge in [-0.3, -0.25) is 9.52 Å². The fourth-order valence-corrected chi connectivity index (χ4v) is 5.15. The molecule has 1 aromatic heterocycles. The van der Waals surface area contributed by atoms with Crippen molar-refractivity contribution in [1.29, 1.82) is 0 Å². The number of benzene rings is 2. The highest BCUT2D eigenvalue weighted by Gasteiger charge is 2.19. The molecule has 2 heterocycles. The van der Waals surface area contributed by atoms with Crippen molar-refractivity contribution in [2.24, 2.45) is 0 Å². The van der Waals surface area contributed by atoms with Gasteiger partial charge in [-0.05, 0) is 29.8 Å². The number of nitrogens with zero attached hydrogens (tertiary/aromatic N) is 1. The number of aromatic nitrogens is 1. The third-order valence-electron chi connectivity index (χ3n) is 3.96. The summed E-state index contributed by atoms with van der Waals surface area (Å²) in [5, 5.41) is 5.12. The minimum absolute atomic E-state index is 0.0135. The Kier molecular flexibility index (Phi) is 4.96. The normalized spacial score (nSPS) is 13.4. The molecule has 4 rings (SSSR count). The number of rotatable bonds is 5. The number of anilines is 2. The Morgan fingerprint density at radius 2 is 2.07 bits per heavy atom. The second-order valence-electron chi connectivity index (χ2n) is 6.04. The number of carbonyl (C=O) groups excluding carboxylic acids is 1. The van der Waals surface area contributed by atoms with Crippen molar-refractivity contribution in [3.05, 3.63) is 58.4 Å². The Balaban J connectivity index is 1.52. The van der Waals surface area contributed by atoms with E-state index < -0.39 is 10.0 Å². The summed E-state index contributed by atoms with van der Waals surface area (Å²) in [5.41, 5.74) is 2.39. The molecule has 144 valence electrons. The lowest BCUT2D eigenvalue weighted by molar-refractivity contribution is -0.118. The van der Waals surface area contributed by atoms with Crippen molar-refractivity contribution in [2.45, 2.75) is 5.75 Å². The Labute approximate surface area is 170 Å². The van der Waals surface area contributed by atoms with E-state index in [-0.39, 0.29) is 23.4 Å². The molecule has 0 fully saturated rings. The third kappa shape index (κ3) is 4.11. The van der Waals surface area contributed by atoms with E-state index in [9.17, 15) is 13.2 Å². The summed E-state index contributed by atoms with van der Waals surface area (Å²) in [6, 6.07) is 12.1. The molecule has 1 amide bonds. The topological polar surface area (TPSA) is 97.4 Å². The Morgan fingerprint density at radius 3 is 2.89 bits per heavy atom. The van der Waals surface area contributed by atoms with Gasteiger partial charge in [0, 0.05) is 16.0 Å². The lowest BCUT2D eigenvalue weighted by atomic mass is 10.1. The van der Waals surface area contributed by atoms with Crippen molar-refractivity contribution in [3.8, 4) is 17.0 Å². The summed E-state index contributed by atoms with van der Waals surface area (Å²) in [5.74, 6) is 0.110. The molecular weight excluding hydrogens is 422 g/mol. The second kappa shape index (κ2) is 7.42. The largest absolute Gasteiger partial charge is 0.482 e. The van der Waals surface area contributed by atoms with Crippen LogP contribution in [-0.4, -0.2) is 25.9 Å². The fraction of sp³-hybridized carbons (Fsp3) is 0.111. The maximum Gasteiger partial charge on any atom is 0.262 e. The molecule has 1 aliphatic heterocycles. The fourth-order valence-electron chi connectivity index (χ4n) is 2.68. The number of sulfonamides is 1. The standard InChI is InChI=1S/C18H14ClN3O4S2/c19-13-4-2-1-3-12(13)10-28(24,25)22-18-21-15(9-27-18)11-5-6-16-14(7-11)20-17(23)8-26-16/h1-7,9H,8,10H2,(H,20,23)(H,21,22). The zero-order valence-electron chi connectivity index (χ0n) is 14.3. The summed E-state index contributed by atoms with van der Waals surface area (Å²) in [4.78, 5) is 15.8. The van der Waals surface area contributed by atoms with Crippen molar-refractivity contribution < 1.29 is 17.9 Å². The van der Waals surface area contributed by atoms with Crippen LogP contribution in [0.1, 0.15) is 5.56 Å². The first-order valence-electron chi connectivity index (χ1n) is 8.16. The molecule has 0 saturated heterocycles. The van der Waals surface area contributed by atoms with E-state index in [4.69, 9.17) is 16.3 Å². The van der Waals surface area contributed by atoms with Crippen LogP contribution in [0.4, 0.5) is 10.8 Å². The number of amides is 1. The van der Waals surface area contributed by atoms with Crippen LogP contribution >= 0.6 is 22.9 Å². The summed E-state index contributed by atoms with van der Waals surface area (Å²) < 4.78 is 32.7. The van der Waals surface area contributed by atoms with Crippen LogP contribution in [0.3, 0.4) is 0 Å². The molecule has 0 spiro atoms. The molecule has 2 N–H and O–H groups in total. The van der Waals surface area contributed by atoms with E-state index in [1.54, 1.807) is 47.8 Å². The van der Waals surface area contributed by atoms with Crippen LogP contribution in [0.2, 0.25) is 5.02 Å². The molecule has 7 nitrogen and oxygen atoms in total. The molecule has 2 aromatic carbocycles. The molecule has 0 radical (unpaired) electrons. The minimum atomic E-state index is -3.66. The summed E-state index contributed by atoms with van der Waals surface area (Å²) >= 11 is 7.21. The van der Waals surface area contributed by atoms with Crippen molar-refractivity contribution >= 4 is 49.7 Å². The number of ether oxygens (including phenoxy) is 1. The summed E-state index contributed by atoms with van der Waals surface area (Å²) in [6.45, 7) is -0.0135. The van der Waals surface area contributed by atoms with Gasteiger partial charge in [0.15, 0.2) is 11.7 Å². The van der Waals surface area contributed by atoms with Gasteiger partial charge in [0.2, 0.25) is 10.0 Å². The summed E-state index contributed by atoms with van der Waals surface area (Å²) in [7, 11) is -3.66.